The SMILES string of the molecule is CCC(C)(CNC(=O)[C@H](N)CC(C)C)C(=O)O. The quantitative estimate of drug-likeness (QED) is 0.622. The van der Waals surface area contributed by atoms with E-state index in [2.05, 4.69) is 5.32 Å². The van der Waals surface area contributed by atoms with Crippen molar-refractivity contribution in [1.29, 1.82) is 0 Å². The Balaban J connectivity index is 4.27. The van der Waals surface area contributed by atoms with E-state index in [1.54, 1.807) is 13.8 Å². The van der Waals surface area contributed by atoms with Crippen LogP contribution in [0.5, 0.6) is 0 Å². The van der Waals surface area contributed by atoms with Gasteiger partial charge in [0.1, 0.15) is 0 Å². The molecule has 5 nitrogen and oxygen atoms in total. The van der Waals surface area contributed by atoms with E-state index in [4.69, 9.17) is 10.8 Å². The summed E-state index contributed by atoms with van der Waals surface area (Å²) in [5, 5.41) is 11.7. The van der Waals surface area contributed by atoms with Crippen molar-refractivity contribution in [3.8, 4) is 0 Å². The van der Waals surface area contributed by atoms with Crippen LogP contribution >= 0.6 is 0 Å². The summed E-state index contributed by atoms with van der Waals surface area (Å²) in [4.78, 5) is 22.7. The van der Waals surface area contributed by atoms with Gasteiger partial charge >= 0.3 is 5.97 Å². The van der Waals surface area contributed by atoms with Crippen LogP contribution < -0.4 is 11.1 Å². The van der Waals surface area contributed by atoms with Gasteiger partial charge in [-0.2, -0.15) is 0 Å². The van der Waals surface area contributed by atoms with Crippen LogP contribution in [0.2, 0.25) is 0 Å². The first-order valence-corrected chi connectivity index (χ1v) is 5.99. The zero-order chi connectivity index (χ0) is 13.6. The van der Waals surface area contributed by atoms with E-state index >= 15 is 0 Å². The van der Waals surface area contributed by atoms with Crippen LogP contribution in [-0.4, -0.2) is 29.6 Å². The molecule has 0 aromatic heterocycles. The number of carbonyl (C=O) groups is 2. The molecule has 0 rings (SSSR count). The fourth-order valence-corrected chi connectivity index (χ4v) is 1.38. The summed E-state index contributed by atoms with van der Waals surface area (Å²) < 4.78 is 0. The van der Waals surface area contributed by atoms with E-state index in [1.165, 1.54) is 0 Å². The topological polar surface area (TPSA) is 92.4 Å². The number of carboxylic acid groups (broad SMARTS) is 1. The second kappa shape index (κ2) is 6.59. The number of nitrogens with one attached hydrogen (secondary N) is 1. The predicted molar refractivity (Wildman–Crippen MR) is 66.5 cm³/mol. The second-order valence-electron chi connectivity index (χ2n) is 5.17. The molecular formula is C12H24N2O3. The van der Waals surface area contributed by atoms with E-state index < -0.39 is 17.4 Å². The molecule has 0 aromatic rings. The molecule has 0 saturated heterocycles. The van der Waals surface area contributed by atoms with Gasteiger partial charge in [0.15, 0.2) is 0 Å². The molecule has 0 radical (unpaired) electrons. The van der Waals surface area contributed by atoms with Crippen molar-refractivity contribution < 1.29 is 14.7 Å². The highest BCUT2D eigenvalue weighted by Crippen LogP contribution is 2.19. The summed E-state index contributed by atoms with van der Waals surface area (Å²) in [6.45, 7) is 7.49. The third kappa shape index (κ3) is 5.17. The normalized spacial score (nSPS) is 16.4. The van der Waals surface area contributed by atoms with E-state index in [1.807, 2.05) is 13.8 Å². The van der Waals surface area contributed by atoms with Crippen LogP contribution in [0.15, 0.2) is 0 Å². The molecule has 2 atom stereocenters. The Morgan fingerprint density at radius 2 is 1.94 bits per heavy atom. The molecule has 0 heterocycles. The van der Waals surface area contributed by atoms with Gasteiger partial charge in [-0.3, -0.25) is 9.59 Å². The summed E-state index contributed by atoms with van der Waals surface area (Å²) >= 11 is 0. The van der Waals surface area contributed by atoms with E-state index in [0.29, 0.717) is 18.8 Å². The Bertz CT molecular complexity index is 279. The molecule has 0 aliphatic heterocycles. The lowest BCUT2D eigenvalue weighted by atomic mass is 9.87. The zero-order valence-electron chi connectivity index (χ0n) is 11.1. The minimum absolute atomic E-state index is 0.115. The average Bonchev–Trinajstić information content (AvgIpc) is 2.23. The molecule has 4 N–H and O–H groups in total. The van der Waals surface area contributed by atoms with Gasteiger partial charge in [-0.1, -0.05) is 20.8 Å². The highest BCUT2D eigenvalue weighted by molar-refractivity contribution is 5.82. The van der Waals surface area contributed by atoms with E-state index in [-0.39, 0.29) is 12.5 Å². The molecule has 17 heavy (non-hydrogen) atoms. The number of hydrogen-bond donors (Lipinski definition) is 3. The smallest absolute Gasteiger partial charge is 0.311 e. The average molecular weight is 244 g/mol. The van der Waals surface area contributed by atoms with Crippen molar-refractivity contribution in [3.63, 3.8) is 0 Å². The molecule has 1 unspecified atom stereocenters. The molecule has 0 aliphatic carbocycles. The largest absolute Gasteiger partial charge is 0.481 e. The van der Waals surface area contributed by atoms with Gasteiger partial charge in [-0.25, -0.2) is 0 Å². The van der Waals surface area contributed by atoms with Crippen LogP contribution in [-0.2, 0) is 9.59 Å². The van der Waals surface area contributed by atoms with Gasteiger partial charge in [0.2, 0.25) is 5.91 Å². The molecule has 5 heteroatoms. The highest BCUT2D eigenvalue weighted by Gasteiger charge is 2.32. The molecule has 0 aliphatic rings. The standard InChI is InChI=1S/C12H24N2O3/c1-5-12(4,11(16)17)7-14-10(15)9(13)6-8(2)3/h8-9H,5-7,13H2,1-4H3,(H,14,15)(H,16,17)/t9-,12?/m1/s1. The fourth-order valence-electron chi connectivity index (χ4n) is 1.38. The first-order chi connectivity index (χ1) is 7.73. The van der Waals surface area contributed by atoms with Gasteiger partial charge in [-0.15, -0.1) is 0 Å². The maximum Gasteiger partial charge on any atom is 0.311 e. The Labute approximate surface area is 103 Å². The van der Waals surface area contributed by atoms with Gasteiger partial charge in [0, 0.05) is 6.54 Å². The van der Waals surface area contributed by atoms with Crippen LogP contribution in [0.4, 0.5) is 0 Å². The van der Waals surface area contributed by atoms with Crippen LogP contribution in [0, 0.1) is 11.3 Å². The Hall–Kier alpha value is -1.10. The molecular weight excluding hydrogens is 220 g/mol. The lowest BCUT2D eigenvalue weighted by Crippen LogP contribution is -2.47. The number of carboxylic acids is 1. The molecule has 0 saturated carbocycles. The Kier molecular flexibility index (Phi) is 6.16. The van der Waals surface area contributed by atoms with Gasteiger partial charge < -0.3 is 16.2 Å². The summed E-state index contributed by atoms with van der Waals surface area (Å²) in [6.07, 6.45) is 1.06. The van der Waals surface area contributed by atoms with E-state index in [9.17, 15) is 9.59 Å². The van der Waals surface area contributed by atoms with Gasteiger partial charge in [-0.05, 0) is 25.7 Å². The van der Waals surface area contributed by atoms with E-state index in [0.717, 1.165) is 0 Å². The molecule has 0 spiro atoms. The number of carbonyl (C=O) groups excluding carboxylic acids is 1. The Morgan fingerprint density at radius 3 is 2.29 bits per heavy atom. The molecule has 0 aromatic carbocycles. The lowest BCUT2D eigenvalue weighted by molar-refractivity contribution is -0.148. The van der Waals surface area contributed by atoms with Crippen LogP contribution in [0.1, 0.15) is 40.5 Å². The number of hydrogen-bond acceptors (Lipinski definition) is 3. The second-order valence-corrected chi connectivity index (χ2v) is 5.17. The fraction of sp³-hybridized carbons (Fsp3) is 0.833. The van der Waals surface area contributed by atoms with Crippen molar-refractivity contribution in [2.45, 2.75) is 46.6 Å². The third-order valence-electron chi connectivity index (χ3n) is 3.01. The van der Waals surface area contributed by atoms with Crippen molar-refractivity contribution in [1.82, 2.24) is 5.32 Å². The number of amides is 1. The van der Waals surface area contributed by atoms with Crippen molar-refractivity contribution >= 4 is 11.9 Å². The molecule has 0 bridgehead atoms. The maximum absolute atomic E-state index is 11.6. The van der Waals surface area contributed by atoms with Crippen molar-refractivity contribution in [2.75, 3.05) is 6.54 Å². The summed E-state index contributed by atoms with van der Waals surface area (Å²) in [5.41, 5.74) is 4.78. The monoisotopic (exact) mass is 244 g/mol. The molecule has 100 valence electrons. The lowest BCUT2D eigenvalue weighted by Gasteiger charge is -2.24. The predicted octanol–water partition coefficient (Wildman–Crippen LogP) is 0.977. The summed E-state index contributed by atoms with van der Waals surface area (Å²) in [6, 6.07) is -0.565. The minimum atomic E-state index is -0.923. The zero-order valence-corrected chi connectivity index (χ0v) is 11.1. The van der Waals surface area contributed by atoms with Crippen LogP contribution in [0.25, 0.3) is 0 Å². The third-order valence-corrected chi connectivity index (χ3v) is 3.01. The minimum Gasteiger partial charge on any atom is -0.481 e. The van der Waals surface area contributed by atoms with Gasteiger partial charge in [0.25, 0.3) is 0 Å². The first kappa shape index (κ1) is 15.9. The number of rotatable bonds is 7. The Morgan fingerprint density at radius 1 is 1.41 bits per heavy atom. The molecule has 1 amide bonds. The van der Waals surface area contributed by atoms with Crippen molar-refractivity contribution in [3.05, 3.63) is 0 Å². The summed E-state index contributed by atoms with van der Waals surface area (Å²) in [7, 11) is 0. The molecule has 0 fully saturated rings. The summed E-state index contributed by atoms with van der Waals surface area (Å²) in [5.74, 6) is -0.842. The number of nitrogens with two attached hydrogens (primary N) is 1. The number of aliphatic carboxylic acids is 1. The van der Waals surface area contributed by atoms with Crippen molar-refractivity contribution in [2.24, 2.45) is 17.1 Å². The highest BCUT2D eigenvalue weighted by atomic mass is 16.4. The van der Waals surface area contributed by atoms with Gasteiger partial charge in [0.05, 0.1) is 11.5 Å². The maximum atomic E-state index is 11.6. The van der Waals surface area contributed by atoms with Crippen LogP contribution in [0.3, 0.4) is 0 Å². The first-order valence-electron chi connectivity index (χ1n) is 5.99.